The minimum Gasteiger partial charge on any atom is -0.481 e. The Hall–Kier alpha value is -2.69. The molecule has 3 aliphatic rings. The molecule has 0 aliphatic carbocycles. The number of aromatic nitrogens is 1. The molecule has 5 nitrogen and oxygen atoms in total. The number of aliphatic hydroxyl groups excluding tert-OH is 1. The summed E-state index contributed by atoms with van der Waals surface area (Å²) in [6.45, 7) is 2.99. The number of hydrogen-bond acceptors (Lipinski definition) is 3. The van der Waals surface area contributed by atoms with Gasteiger partial charge in [-0.2, -0.15) is 0 Å². The van der Waals surface area contributed by atoms with Gasteiger partial charge in [0.1, 0.15) is 12.2 Å². The Morgan fingerprint density at radius 1 is 1.36 bits per heavy atom. The molecule has 5 heteroatoms. The molecule has 1 amide bonds. The summed E-state index contributed by atoms with van der Waals surface area (Å²) in [6, 6.07) is 8.35. The van der Waals surface area contributed by atoms with Crippen molar-refractivity contribution < 1.29 is 14.6 Å². The van der Waals surface area contributed by atoms with Gasteiger partial charge >= 0.3 is 0 Å². The van der Waals surface area contributed by atoms with Crippen molar-refractivity contribution in [3.05, 3.63) is 58.7 Å². The van der Waals surface area contributed by atoms with Crippen LogP contribution in [0.3, 0.4) is 0 Å². The van der Waals surface area contributed by atoms with Crippen LogP contribution >= 0.6 is 0 Å². The molecule has 0 spiro atoms. The summed E-state index contributed by atoms with van der Waals surface area (Å²) in [4.78, 5) is 18.5. The van der Waals surface area contributed by atoms with E-state index >= 15 is 0 Å². The third-order valence-electron chi connectivity index (χ3n) is 5.88. The molecule has 2 aromatic rings. The van der Waals surface area contributed by atoms with E-state index in [4.69, 9.17) is 4.74 Å². The topological polar surface area (TPSA) is 65.6 Å². The van der Waals surface area contributed by atoms with E-state index in [9.17, 15) is 9.90 Å². The van der Waals surface area contributed by atoms with E-state index in [-0.39, 0.29) is 23.8 Å². The Bertz CT molecular complexity index is 953. The van der Waals surface area contributed by atoms with Crippen LogP contribution in [0.2, 0.25) is 0 Å². The maximum absolute atomic E-state index is 13.1. The average molecular weight is 336 g/mol. The number of benzene rings is 1. The number of piperidine rings is 1. The predicted molar refractivity (Wildman–Crippen MR) is 93.9 cm³/mol. The van der Waals surface area contributed by atoms with Gasteiger partial charge in [-0.1, -0.05) is 24.3 Å². The van der Waals surface area contributed by atoms with Gasteiger partial charge in [0.05, 0.1) is 6.04 Å². The number of aliphatic hydroxyl groups is 1. The summed E-state index contributed by atoms with van der Waals surface area (Å²) in [5.41, 5.74) is 5.11. The van der Waals surface area contributed by atoms with Gasteiger partial charge < -0.3 is 19.7 Å². The lowest BCUT2D eigenvalue weighted by Gasteiger charge is -2.44. The fraction of sp³-hybridized carbons (Fsp3) is 0.350. The maximum Gasteiger partial charge on any atom is 0.286 e. The minimum atomic E-state index is -0.193. The first-order chi connectivity index (χ1) is 12.2. The molecule has 1 aromatic carbocycles. The molecule has 0 unspecified atom stereocenters. The van der Waals surface area contributed by atoms with Gasteiger partial charge in [-0.25, -0.2) is 0 Å². The van der Waals surface area contributed by atoms with Crippen LogP contribution in [0.15, 0.2) is 47.4 Å². The number of carbonyl (C=O) groups is 1. The molecule has 1 fully saturated rings. The van der Waals surface area contributed by atoms with E-state index in [0.29, 0.717) is 18.7 Å². The molecule has 5 rings (SSSR count). The van der Waals surface area contributed by atoms with Crippen molar-refractivity contribution >= 4 is 16.8 Å². The van der Waals surface area contributed by atoms with Crippen LogP contribution in [0.5, 0.6) is 0 Å². The first-order valence-corrected chi connectivity index (χ1v) is 8.80. The lowest BCUT2D eigenvalue weighted by molar-refractivity contribution is -0.134. The fourth-order valence-electron chi connectivity index (χ4n) is 4.64. The summed E-state index contributed by atoms with van der Waals surface area (Å²) in [6.07, 6.45) is 3.63. The van der Waals surface area contributed by atoms with Crippen LogP contribution in [0.25, 0.3) is 10.9 Å². The quantitative estimate of drug-likeness (QED) is 0.725. The molecule has 1 saturated heterocycles. The summed E-state index contributed by atoms with van der Waals surface area (Å²) in [5, 5.41) is 11.4. The summed E-state index contributed by atoms with van der Waals surface area (Å²) in [7, 11) is 0. The highest BCUT2D eigenvalue weighted by molar-refractivity contribution is 5.97. The van der Waals surface area contributed by atoms with Crippen LogP contribution in [-0.4, -0.2) is 34.0 Å². The molecule has 1 aromatic heterocycles. The normalized spacial score (nSPS) is 27.2. The van der Waals surface area contributed by atoms with E-state index in [1.165, 1.54) is 10.9 Å². The number of aromatic amines is 1. The van der Waals surface area contributed by atoms with Crippen molar-refractivity contribution in [1.29, 1.82) is 0 Å². The first-order valence-electron chi connectivity index (χ1n) is 8.80. The van der Waals surface area contributed by atoms with E-state index < -0.39 is 0 Å². The van der Waals surface area contributed by atoms with E-state index in [1.54, 1.807) is 0 Å². The number of hydrogen-bond donors (Lipinski definition) is 2. The highest BCUT2D eigenvalue weighted by Gasteiger charge is 2.46. The van der Waals surface area contributed by atoms with Gasteiger partial charge in [0, 0.05) is 29.1 Å². The largest absolute Gasteiger partial charge is 0.481 e. The van der Waals surface area contributed by atoms with Crippen molar-refractivity contribution in [3.8, 4) is 0 Å². The molecule has 0 bridgehead atoms. The molecule has 4 heterocycles. The number of para-hydroxylation sites is 1. The van der Waals surface area contributed by atoms with Crippen molar-refractivity contribution in [2.75, 3.05) is 13.2 Å². The summed E-state index contributed by atoms with van der Waals surface area (Å²) >= 11 is 0. The van der Waals surface area contributed by atoms with E-state index in [0.717, 1.165) is 29.6 Å². The van der Waals surface area contributed by atoms with E-state index in [1.807, 2.05) is 24.0 Å². The van der Waals surface area contributed by atoms with Crippen molar-refractivity contribution in [2.45, 2.75) is 25.8 Å². The van der Waals surface area contributed by atoms with Gasteiger partial charge in [0.15, 0.2) is 0 Å². The lowest BCUT2D eigenvalue weighted by atomic mass is 9.77. The molecule has 128 valence electrons. The second-order valence-electron chi connectivity index (χ2n) is 6.99. The standard InChI is InChI=1S/C20H20N2O3/c1-2-11-10-25-20(24)17-14(11)9-16-18-13(7-8-22(16)19(17)23)12-5-3-4-6-15(12)21-18/h2-6,14,16,21,24H,7-10H2,1H3/b11-2-/t14-,16-/m0/s1. The summed E-state index contributed by atoms with van der Waals surface area (Å²) < 4.78 is 5.33. The average Bonchev–Trinajstić information content (AvgIpc) is 3.01. The Morgan fingerprint density at radius 3 is 3.04 bits per heavy atom. The molecule has 25 heavy (non-hydrogen) atoms. The zero-order valence-corrected chi connectivity index (χ0v) is 14.1. The number of nitrogens with one attached hydrogen (secondary N) is 1. The number of allylic oxidation sites excluding steroid dienone is 1. The summed E-state index contributed by atoms with van der Waals surface area (Å²) in [5.74, 6) is -0.353. The Morgan fingerprint density at radius 2 is 2.20 bits per heavy atom. The molecule has 0 saturated carbocycles. The van der Waals surface area contributed by atoms with Crippen molar-refractivity contribution in [3.63, 3.8) is 0 Å². The SMILES string of the molecule is C/C=C1/COC(O)=C2C(=O)N3CCc4c([nH]c5ccccc45)[C@@H]3C[C@H]21. The zero-order valence-electron chi connectivity index (χ0n) is 14.1. The highest BCUT2D eigenvalue weighted by atomic mass is 16.6. The predicted octanol–water partition coefficient (Wildman–Crippen LogP) is 3.36. The first kappa shape index (κ1) is 14.6. The maximum atomic E-state index is 13.1. The van der Waals surface area contributed by atoms with Crippen LogP contribution in [0.4, 0.5) is 0 Å². The second-order valence-corrected chi connectivity index (χ2v) is 6.99. The van der Waals surface area contributed by atoms with Gasteiger partial charge in [-0.15, -0.1) is 0 Å². The molecule has 2 N–H and O–H groups in total. The number of nitrogens with zero attached hydrogens (tertiary/aromatic N) is 1. The number of H-pyrrole nitrogens is 1. The Balaban J connectivity index is 1.65. The number of carbonyl (C=O) groups excluding carboxylic acids is 1. The molecule has 0 radical (unpaired) electrons. The number of fused-ring (bicyclic) bond motifs is 6. The second kappa shape index (κ2) is 5.15. The van der Waals surface area contributed by atoms with Crippen LogP contribution in [0.1, 0.15) is 30.6 Å². The third kappa shape index (κ3) is 1.92. The van der Waals surface area contributed by atoms with Crippen molar-refractivity contribution in [1.82, 2.24) is 9.88 Å². The number of rotatable bonds is 0. The van der Waals surface area contributed by atoms with Gasteiger partial charge in [-0.05, 0) is 37.0 Å². The van der Waals surface area contributed by atoms with E-state index in [2.05, 4.69) is 23.2 Å². The molecule has 2 atom stereocenters. The Kier molecular flexibility index (Phi) is 3.02. The molecular weight excluding hydrogens is 316 g/mol. The third-order valence-corrected chi connectivity index (χ3v) is 5.88. The number of ether oxygens (including phenoxy) is 1. The Labute approximate surface area is 145 Å². The molecular formula is C20H20N2O3. The molecule has 3 aliphatic heterocycles. The monoisotopic (exact) mass is 336 g/mol. The van der Waals surface area contributed by atoms with Gasteiger partial charge in [0.2, 0.25) is 0 Å². The van der Waals surface area contributed by atoms with Gasteiger partial charge in [-0.3, -0.25) is 4.79 Å². The zero-order chi connectivity index (χ0) is 17.1. The van der Waals surface area contributed by atoms with Crippen LogP contribution in [-0.2, 0) is 16.0 Å². The number of amides is 1. The van der Waals surface area contributed by atoms with Crippen LogP contribution < -0.4 is 0 Å². The lowest BCUT2D eigenvalue weighted by Crippen LogP contribution is -2.48. The highest BCUT2D eigenvalue weighted by Crippen LogP contribution is 2.47. The minimum absolute atomic E-state index is 0.0262. The smallest absolute Gasteiger partial charge is 0.286 e. The van der Waals surface area contributed by atoms with Crippen LogP contribution in [0, 0.1) is 5.92 Å². The van der Waals surface area contributed by atoms with Crippen molar-refractivity contribution in [2.24, 2.45) is 5.92 Å². The fourth-order valence-corrected chi connectivity index (χ4v) is 4.64. The van der Waals surface area contributed by atoms with Gasteiger partial charge in [0.25, 0.3) is 11.9 Å².